The SMILES string of the molecule is O=S(=O)([O-])OC(CC(F)(F)F)CC(F)(F)F. The summed E-state index contributed by atoms with van der Waals surface area (Å²) in [4.78, 5) is 0. The van der Waals surface area contributed by atoms with E-state index in [0.29, 0.717) is 0 Å². The Morgan fingerprint density at radius 3 is 1.50 bits per heavy atom. The van der Waals surface area contributed by atoms with Crippen LogP contribution in [0.4, 0.5) is 26.3 Å². The summed E-state index contributed by atoms with van der Waals surface area (Å²) in [6.45, 7) is 0. The third kappa shape index (κ3) is 9.98. The Bertz CT molecular complexity index is 301. The molecule has 98 valence electrons. The van der Waals surface area contributed by atoms with Crippen molar-refractivity contribution in [3.05, 3.63) is 0 Å². The standard InChI is InChI=1S/C5H6F6O4S/c6-4(7,8)1-3(2-5(9,10)11)15-16(12,13)14/h3H,1-2H2,(H,12,13,14)/p-1. The van der Waals surface area contributed by atoms with Crippen LogP contribution >= 0.6 is 0 Å². The molecule has 0 aliphatic carbocycles. The Morgan fingerprint density at radius 2 is 1.31 bits per heavy atom. The lowest BCUT2D eigenvalue weighted by Gasteiger charge is -2.21. The van der Waals surface area contributed by atoms with Crippen LogP contribution in [0.15, 0.2) is 0 Å². The smallest absolute Gasteiger partial charge is 0.391 e. The molecule has 0 saturated heterocycles. The van der Waals surface area contributed by atoms with Crippen LogP contribution in [0.3, 0.4) is 0 Å². The fourth-order valence-corrected chi connectivity index (χ4v) is 1.29. The molecule has 0 bridgehead atoms. The van der Waals surface area contributed by atoms with Gasteiger partial charge in [-0.3, -0.25) is 4.18 Å². The maximum atomic E-state index is 11.7. The van der Waals surface area contributed by atoms with Crippen LogP contribution < -0.4 is 0 Å². The van der Waals surface area contributed by atoms with Gasteiger partial charge in [0.2, 0.25) is 10.4 Å². The van der Waals surface area contributed by atoms with Crippen molar-refractivity contribution in [1.82, 2.24) is 0 Å². The fourth-order valence-electron chi connectivity index (χ4n) is 0.823. The second-order valence-electron chi connectivity index (χ2n) is 2.77. The number of hydrogen-bond donors (Lipinski definition) is 0. The molecule has 0 atom stereocenters. The minimum atomic E-state index is -5.62. The van der Waals surface area contributed by atoms with E-state index in [4.69, 9.17) is 0 Å². The van der Waals surface area contributed by atoms with E-state index in [9.17, 15) is 39.3 Å². The molecule has 0 unspecified atom stereocenters. The Labute approximate surface area is 86.1 Å². The molecule has 0 amide bonds. The van der Waals surface area contributed by atoms with E-state index in [1.54, 1.807) is 0 Å². The zero-order chi connectivity index (χ0) is 13.2. The first-order chi connectivity index (χ1) is 6.79. The number of rotatable bonds is 4. The predicted molar refractivity (Wildman–Crippen MR) is 35.9 cm³/mol. The largest absolute Gasteiger partial charge is 0.726 e. The van der Waals surface area contributed by atoms with Crippen LogP contribution in [0, 0.1) is 0 Å². The maximum Gasteiger partial charge on any atom is 0.391 e. The topological polar surface area (TPSA) is 66.4 Å². The molecule has 11 heteroatoms. The van der Waals surface area contributed by atoms with Gasteiger partial charge in [0.15, 0.2) is 0 Å². The molecule has 0 aromatic heterocycles. The minimum Gasteiger partial charge on any atom is -0.726 e. The molecule has 0 aromatic carbocycles. The average molecular weight is 275 g/mol. The third-order valence-corrected chi connectivity index (χ3v) is 1.68. The molecular formula is C5H5F6O4S-. The van der Waals surface area contributed by atoms with Gasteiger partial charge in [0, 0.05) is 0 Å². The van der Waals surface area contributed by atoms with Gasteiger partial charge in [-0.15, -0.1) is 0 Å². The van der Waals surface area contributed by atoms with Crippen LogP contribution in [0.2, 0.25) is 0 Å². The second kappa shape index (κ2) is 4.75. The van der Waals surface area contributed by atoms with E-state index in [1.807, 2.05) is 0 Å². The Morgan fingerprint density at radius 1 is 1.00 bits per heavy atom. The Balaban J connectivity index is 4.65. The Kier molecular flexibility index (Phi) is 4.59. The van der Waals surface area contributed by atoms with Crippen molar-refractivity contribution in [3.8, 4) is 0 Å². The summed E-state index contributed by atoms with van der Waals surface area (Å²) in [6.07, 6.45) is -17.3. The zero-order valence-electron chi connectivity index (χ0n) is 7.30. The van der Waals surface area contributed by atoms with Crippen molar-refractivity contribution in [2.75, 3.05) is 0 Å². The highest BCUT2D eigenvalue weighted by molar-refractivity contribution is 7.80. The molecular weight excluding hydrogens is 270 g/mol. The van der Waals surface area contributed by atoms with Crippen molar-refractivity contribution >= 4 is 10.4 Å². The highest BCUT2D eigenvalue weighted by atomic mass is 32.3. The first kappa shape index (κ1) is 15.4. The van der Waals surface area contributed by atoms with E-state index in [2.05, 4.69) is 4.18 Å². The van der Waals surface area contributed by atoms with Crippen LogP contribution in [-0.4, -0.2) is 31.4 Å². The average Bonchev–Trinajstić information content (AvgIpc) is 1.70. The lowest BCUT2D eigenvalue weighted by atomic mass is 10.2. The number of alkyl halides is 6. The normalized spacial score (nSPS) is 14.5. The molecule has 0 heterocycles. The molecule has 0 fully saturated rings. The van der Waals surface area contributed by atoms with Gasteiger partial charge in [0.1, 0.15) is 0 Å². The molecule has 16 heavy (non-hydrogen) atoms. The van der Waals surface area contributed by atoms with Crippen LogP contribution in [0.5, 0.6) is 0 Å². The lowest BCUT2D eigenvalue weighted by Crippen LogP contribution is -2.30. The van der Waals surface area contributed by atoms with Crippen LogP contribution in [0.25, 0.3) is 0 Å². The highest BCUT2D eigenvalue weighted by Gasteiger charge is 2.40. The molecule has 0 saturated carbocycles. The quantitative estimate of drug-likeness (QED) is 0.445. The molecule has 0 aromatic rings. The van der Waals surface area contributed by atoms with Gasteiger partial charge in [-0.2, -0.15) is 26.3 Å². The van der Waals surface area contributed by atoms with E-state index in [-0.39, 0.29) is 0 Å². The lowest BCUT2D eigenvalue weighted by molar-refractivity contribution is -0.181. The van der Waals surface area contributed by atoms with Crippen molar-refractivity contribution in [2.24, 2.45) is 0 Å². The molecule has 0 N–H and O–H groups in total. The Hall–Kier alpha value is -0.550. The van der Waals surface area contributed by atoms with Gasteiger partial charge in [0.05, 0.1) is 18.9 Å². The summed E-state index contributed by atoms with van der Waals surface area (Å²) in [5, 5.41) is 0. The minimum absolute atomic E-state index is 2.17. The van der Waals surface area contributed by atoms with Gasteiger partial charge in [-0.1, -0.05) is 0 Å². The van der Waals surface area contributed by atoms with Crippen molar-refractivity contribution in [1.29, 1.82) is 0 Å². The number of hydrogen-bond acceptors (Lipinski definition) is 4. The van der Waals surface area contributed by atoms with E-state index < -0.39 is 41.7 Å². The van der Waals surface area contributed by atoms with Gasteiger partial charge in [0.25, 0.3) is 0 Å². The first-order valence-corrected chi connectivity index (χ1v) is 4.89. The molecule has 4 nitrogen and oxygen atoms in total. The summed E-state index contributed by atoms with van der Waals surface area (Å²) >= 11 is 0. The second-order valence-corrected chi connectivity index (χ2v) is 3.77. The van der Waals surface area contributed by atoms with Crippen molar-refractivity contribution < 1.29 is 43.5 Å². The molecule has 0 spiro atoms. The number of halogens is 6. The van der Waals surface area contributed by atoms with E-state index >= 15 is 0 Å². The summed E-state index contributed by atoms with van der Waals surface area (Å²) in [5.74, 6) is 0. The van der Waals surface area contributed by atoms with Gasteiger partial charge >= 0.3 is 12.4 Å². The van der Waals surface area contributed by atoms with Crippen molar-refractivity contribution in [3.63, 3.8) is 0 Å². The maximum absolute atomic E-state index is 11.7. The van der Waals surface area contributed by atoms with Gasteiger partial charge in [-0.05, 0) is 0 Å². The molecule has 0 aliphatic heterocycles. The third-order valence-electron chi connectivity index (χ3n) is 1.17. The summed E-state index contributed by atoms with van der Waals surface area (Å²) in [6, 6.07) is 0. The molecule has 0 aliphatic rings. The molecule has 0 rings (SSSR count). The first-order valence-electron chi connectivity index (χ1n) is 3.56. The fraction of sp³-hybridized carbons (Fsp3) is 1.00. The zero-order valence-corrected chi connectivity index (χ0v) is 8.12. The summed E-state index contributed by atoms with van der Waals surface area (Å²) in [5.41, 5.74) is 0. The highest BCUT2D eigenvalue weighted by Crippen LogP contribution is 2.31. The summed E-state index contributed by atoms with van der Waals surface area (Å²) in [7, 11) is -5.62. The van der Waals surface area contributed by atoms with Gasteiger partial charge < -0.3 is 4.55 Å². The van der Waals surface area contributed by atoms with Gasteiger partial charge in [-0.25, -0.2) is 8.42 Å². The van der Waals surface area contributed by atoms with Crippen LogP contribution in [-0.2, 0) is 14.6 Å². The van der Waals surface area contributed by atoms with E-state index in [1.165, 1.54) is 0 Å². The van der Waals surface area contributed by atoms with E-state index in [0.717, 1.165) is 0 Å². The van der Waals surface area contributed by atoms with Crippen LogP contribution in [0.1, 0.15) is 12.8 Å². The summed E-state index contributed by atoms with van der Waals surface area (Å²) < 4.78 is 103. The predicted octanol–water partition coefficient (Wildman–Crippen LogP) is 1.74. The monoisotopic (exact) mass is 275 g/mol. The molecule has 0 radical (unpaired) electrons. The van der Waals surface area contributed by atoms with Crippen molar-refractivity contribution in [2.45, 2.75) is 31.3 Å².